The van der Waals surface area contributed by atoms with Gasteiger partial charge in [0.05, 0.1) is 0 Å². The Labute approximate surface area is 279 Å². The van der Waals surface area contributed by atoms with Crippen molar-refractivity contribution in [2.24, 2.45) is 0 Å². The number of hydrogen-bond acceptors (Lipinski definition) is 3. The maximum atomic E-state index is 13.4. The second kappa shape index (κ2) is 16.1. The molecule has 6 aromatic carbocycles. The molecular formula is C42H36O3P2. The summed E-state index contributed by atoms with van der Waals surface area (Å²) >= 11 is 0. The van der Waals surface area contributed by atoms with Gasteiger partial charge in [-0.1, -0.05) is 164 Å². The summed E-state index contributed by atoms with van der Waals surface area (Å²) in [5.74, 6) is 0. The molecule has 6 aromatic rings. The van der Waals surface area contributed by atoms with Crippen LogP contribution >= 0.6 is 15.8 Å². The van der Waals surface area contributed by atoms with Crippen molar-refractivity contribution in [1.29, 1.82) is 0 Å². The van der Waals surface area contributed by atoms with Crippen LogP contribution in [0.25, 0.3) is 0 Å². The third-order valence-corrected chi connectivity index (χ3v) is 12.2. The molecule has 232 valence electrons. The number of carbonyl (C=O) groups is 3. The van der Waals surface area contributed by atoms with Gasteiger partial charge in [0.15, 0.2) is 16.6 Å². The highest BCUT2D eigenvalue weighted by Crippen LogP contribution is 2.47. The third kappa shape index (κ3) is 8.13. The van der Waals surface area contributed by atoms with Gasteiger partial charge in [-0.15, -0.1) is 0 Å². The van der Waals surface area contributed by atoms with Crippen molar-refractivity contribution in [3.8, 4) is 0 Å². The maximum Gasteiger partial charge on any atom is 0.200 e. The molecule has 5 heteroatoms. The normalized spacial score (nSPS) is 10.7. The molecule has 3 nitrogen and oxygen atoms in total. The van der Waals surface area contributed by atoms with E-state index in [9.17, 15) is 14.4 Å². The first kappa shape index (κ1) is 33.6. The van der Waals surface area contributed by atoms with Crippen molar-refractivity contribution in [1.82, 2.24) is 0 Å². The van der Waals surface area contributed by atoms with E-state index in [0.29, 0.717) is 16.7 Å². The van der Waals surface area contributed by atoms with Crippen LogP contribution in [0.2, 0.25) is 0 Å². The molecule has 0 fully saturated rings. The highest BCUT2D eigenvalue weighted by Gasteiger charge is 2.37. The molecule has 0 atom stereocenters. The molecule has 0 N–H and O–H groups in total. The minimum atomic E-state index is -2.24. The topological polar surface area (TPSA) is 51.2 Å². The lowest BCUT2D eigenvalue weighted by molar-refractivity contribution is 0.102. The first-order chi connectivity index (χ1) is 22.9. The van der Waals surface area contributed by atoms with Crippen LogP contribution in [0, 0.1) is 20.8 Å². The standard InChI is InChI=1S/C24H21O3P.C18H15P/c1-16-10-4-7-13-19(16)22(25)28(23(26)20-14-8-5-11-17(20)2)24(27)21-15-9-6-12-18(21)3;1-4-10-16(11-5-1)19(17-12-6-2-7-13-17)18-14-8-3-9-15-18/h4-15H,1-3H3;1-15H. The van der Waals surface area contributed by atoms with Crippen molar-refractivity contribution >= 4 is 48.3 Å². The van der Waals surface area contributed by atoms with Gasteiger partial charge >= 0.3 is 0 Å². The van der Waals surface area contributed by atoms with E-state index in [1.807, 2.05) is 57.2 Å². The fourth-order valence-corrected chi connectivity index (χ4v) is 9.59. The first-order valence-corrected chi connectivity index (χ1v) is 18.1. The average molecular weight is 651 g/mol. The monoisotopic (exact) mass is 650 g/mol. The molecule has 6 rings (SSSR count). The van der Waals surface area contributed by atoms with E-state index in [-0.39, 0.29) is 0 Å². The summed E-state index contributed by atoms with van der Waals surface area (Å²) in [6, 6.07) is 53.6. The fourth-order valence-electron chi connectivity index (χ4n) is 5.26. The Bertz CT molecular complexity index is 1740. The van der Waals surface area contributed by atoms with Gasteiger partial charge in [0.2, 0.25) is 0 Å². The molecule has 0 saturated heterocycles. The van der Waals surface area contributed by atoms with E-state index >= 15 is 0 Å². The number of aryl methyl sites for hydroxylation is 3. The van der Waals surface area contributed by atoms with Crippen LogP contribution in [0.1, 0.15) is 47.8 Å². The van der Waals surface area contributed by atoms with Gasteiger partial charge in [-0.25, -0.2) is 0 Å². The zero-order valence-corrected chi connectivity index (χ0v) is 28.5. The molecular weight excluding hydrogens is 614 g/mol. The summed E-state index contributed by atoms with van der Waals surface area (Å²) in [7, 11) is -2.68. The molecule has 47 heavy (non-hydrogen) atoms. The second-order valence-electron chi connectivity index (χ2n) is 11.0. The lowest BCUT2D eigenvalue weighted by Gasteiger charge is -2.18. The van der Waals surface area contributed by atoms with Gasteiger partial charge < -0.3 is 0 Å². The predicted molar refractivity (Wildman–Crippen MR) is 199 cm³/mol. The molecule has 0 unspecified atom stereocenters. The van der Waals surface area contributed by atoms with E-state index in [1.165, 1.54) is 15.9 Å². The highest BCUT2D eigenvalue weighted by atomic mass is 31.1. The molecule has 0 aliphatic rings. The Hall–Kier alpha value is -4.81. The van der Waals surface area contributed by atoms with Crippen LogP contribution in [0.15, 0.2) is 164 Å². The average Bonchev–Trinajstić information content (AvgIpc) is 3.11. The predicted octanol–water partition coefficient (Wildman–Crippen LogP) is 9.36. The summed E-state index contributed by atoms with van der Waals surface area (Å²) in [5, 5.41) is 4.19. The van der Waals surface area contributed by atoms with Crippen LogP contribution in [0.4, 0.5) is 0 Å². The van der Waals surface area contributed by atoms with E-state index in [4.69, 9.17) is 0 Å². The maximum absolute atomic E-state index is 13.4. The smallest absolute Gasteiger partial charge is 0.200 e. The van der Waals surface area contributed by atoms with Crippen molar-refractivity contribution in [3.05, 3.63) is 197 Å². The van der Waals surface area contributed by atoms with Gasteiger partial charge in [0.1, 0.15) is 7.92 Å². The van der Waals surface area contributed by atoms with Crippen LogP contribution in [0.5, 0.6) is 0 Å². The molecule has 0 saturated carbocycles. The Kier molecular flexibility index (Phi) is 11.5. The van der Waals surface area contributed by atoms with Crippen molar-refractivity contribution < 1.29 is 14.4 Å². The van der Waals surface area contributed by atoms with Crippen LogP contribution < -0.4 is 15.9 Å². The van der Waals surface area contributed by atoms with Gasteiger partial charge in [-0.3, -0.25) is 14.4 Å². The van der Waals surface area contributed by atoms with Gasteiger partial charge in [-0.2, -0.15) is 0 Å². The van der Waals surface area contributed by atoms with Crippen LogP contribution in [-0.4, -0.2) is 16.6 Å². The Balaban J connectivity index is 0.000000198. The Morgan fingerprint density at radius 3 is 0.830 bits per heavy atom. The molecule has 0 radical (unpaired) electrons. The van der Waals surface area contributed by atoms with Crippen molar-refractivity contribution in [3.63, 3.8) is 0 Å². The SMILES string of the molecule is Cc1ccccc1C(=O)P(C(=O)c1ccccc1C)C(=O)c1ccccc1C.c1ccc(P(c2ccccc2)c2ccccc2)cc1. The largest absolute Gasteiger partial charge is 0.288 e. The molecule has 0 spiro atoms. The third-order valence-electron chi connectivity index (χ3n) is 7.78. The van der Waals surface area contributed by atoms with E-state index in [2.05, 4.69) is 91.0 Å². The van der Waals surface area contributed by atoms with Crippen molar-refractivity contribution in [2.45, 2.75) is 20.8 Å². The summed E-state index contributed by atoms with van der Waals surface area (Å²) in [6.07, 6.45) is 0. The summed E-state index contributed by atoms with van der Waals surface area (Å²) in [6.45, 7) is 5.45. The Morgan fingerprint density at radius 2 is 0.574 bits per heavy atom. The summed E-state index contributed by atoms with van der Waals surface area (Å²) in [4.78, 5) is 40.2. The zero-order valence-electron chi connectivity index (χ0n) is 26.7. The zero-order chi connectivity index (χ0) is 33.2. The van der Waals surface area contributed by atoms with E-state index < -0.39 is 32.4 Å². The molecule has 0 amide bonds. The molecule has 0 aliphatic carbocycles. The number of carbonyl (C=O) groups excluding carboxylic acids is 3. The molecule has 0 aliphatic heterocycles. The number of benzene rings is 6. The quantitative estimate of drug-likeness (QED) is 0.147. The number of rotatable bonds is 9. The van der Waals surface area contributed by atoms with Crippen LogP contribution in [0.3, 0.4) is 0 Å². The van der Waals surface area contributed by atoms with E-state index in [0.717, 1.165) is 16.7 Å². The van der Waals surface area contributed by atoms with Gasteiger partial charge in [0.25, 0.3) is 0 Å². The van der Waals surface area contributed by atoms with Gasteiger partial charge in [0, 0.05) is 16.7 Å². The second-order valence-corrected chi connectivity index (χ2v) is 15.1. The number of hydrogen-bond donors (Lipinski definition) is 0. The Morgan fingerprint density at radius 1 is 0.340 bits per heavy atom. The minimum Gasteiger partial charge on any atom is -0.288 e. The highest BCUT2D eigenvalue weighted by molar-refractivity contribution is 8.03. The lowest BCUT2D eigenvalue weighted by atomic mass is 10.1. The summed E-state index contributed by atoms with van der Waals surface area (Å²) < 4.78 is 0. The van der Waals surface area contributed by atoms with Crippen molar-refractivity contribution in [2.75, 3.05) is 0 Å². The molecule has 0 bridgehead atoms. The summed E-state index contributed by atoms with van der Waals surface area (Å²) in [5.41, 5.74) is 2.38. The first-order valence-electron chi connectivity index (χ1n) is 15.4. The lowest BCUT2D eigenvalue weighted by Crippen LogP contribution is -2.20. The molecule has 0 aromatic heterocycles. The minimum absolute atomic E-state index is 0.394. The fraction of sp³-hybridized carbons (Fsp3) is 0.0714. The molecule has 0 heterocycles. The van der Waals surface area contributed by atoms with Crippen LogP contribution in [-0.2, 0) is 0 Å². The van der Waals surface area contributed by atoms with E-state index in [1.54, 1.807) is 36.4 Å². The van der Waals surface area contributed by atoms with Gasteiger partial charge in [-0.05, 0) is 61.3 Å².